The summed E-state index contributed by atoms with van der Waals surface area (Å²) in [6.07, 6.45) is 12.3. The highest BCUT2D eigenvalue weighted by molar-refractivity contribution is 5.75. The molecule has 0 aromatic heterocycles. The Kier molecular flexibility index (Phi) is 5.26. The van der Waals surface area contributed by atoms with E-state index >= 15 is 0 Å². The first-order chi connectivity index (χ1) is 9.15. The molecule has 2 saturated carbocycles. The van der Waals surface area contributed by atoms with Gasteiger partial charge in [-0.25, -0.2) is 0 Å². The average molecular weight is 266 g/mol. The molecule has 2 fully saturated rings. The van der Waals surface area contributed by atoms with Crippen molar-refractivity contribution in [1.29, 1.82) is 0 Å². The molecule has 19 heavy (non-hydrogen) atoms. The molecule has 0 saturated heterocycles. The molecular weight excluding hydrogens is 236 g/mol. The third kappa shape index (κ3) is 3.95. The highest BCUT2D eigenvalue weighted by atomic mass is 16.2. The number of carbonyl (C=O) groups excluding carboxylic acids is 1. The smallest absolute Gasteiger partial charge is 0.222 e. The molecule has 2 rings (SSSR count). The summed E-state index contributed by atoms with van der Waals surface area (Å²) in [6.45, 7) is 1.60. The standard InChI is InChI=1S/C16H30N2O/c1-18(13-16(12-17)10-5-11-16)15(19)9-4-8-14-6-2-3-7-14/h14H,2-13,17H2,1H3. The van der Waals surface area contributed by atoms with Crippen molar-refractivity contribution in [2.24, 2.45) is 17.1 Å². The second-order valence-corrected chi connectivity index (χ2v) is 6.85. The zero-order valence-electron chi connectivity index (χ0n) is 12.5. The van der Waals surface area contributed by atoms with Crippen LogP contribution in [-0.2, 0) is 4.79 Å². The van der Waals surface area contributed by atoms with Gasteiger partial charge in [-0.2, -0.15) is 0 Å². The summed E-state index contributed by atoms with van der Waals surface area (Å²) in [5, 5.41) is 0. The molecule has 3 heteroatoms. The molecule has 0 spiro atoms. The Morgan fingerprint density at radius 1 is 1.26 bits per heavy atom. The van der Waals surface area contributed by atoms with Crippen LogP contribution >= 0.6 is 0 Å². The minimum absolute atomic E-state index is 0.246. The maximum atomic E-state index is 12.1. The number of rotatable bonds is 7. The van der Waals surface area contributed by atoms with Crippen molar-refractivity contribution in [3.63, 3.8) is 0 Å². The van der Waals surface area contributed by atoms with Gasteiger partial charge in [0.25, 0.3) is 0 Å². The minimum Gasteiger partial charge on any atom is -0.345 e. The average Bonchev–Trinajstić information content (AvgIpc) is 2.86. The second-order valence-electron chi connectivity index (χ2n) is 6.85. The highest BCUT2D eigenvalue weighted by Crippen LogP contribution is 2.40. The van der Waals surface area contributed by atoms with Crippen molar-refractivity contribution < 1.29 is 4.79 Å². The van der Waals surface area contributed by atoms with E-state index < -0.39 is 0 Å². The van der Waals surface area contributed by atoms with Crippen LogP contribution in [0.3, 0.4) is 0 Å². The Morgan fingerprint density at radius 2 is 1.95 bits per heavy atom. The largest absolute Gasteiger partial charge is 0.345 e. The van der Waals surface area contributed by atoms with Crippen LogP contribution in [0.25, 0.3) is 0 Å². The van der Waals surface area contributed by atoms with Gasteiger partial charge in [0.05, 0.1) is 0 Å². The van der Waals surface area contributed by atoms with E-state index in [1.54, 1.807) is 0 Å². The summed E-state index contributed by atoms with van der Waals surface area (Å²) in [6, 6.07) is 0. The molecule has 110 valence electrons. The fourth-order valence-corrected chi connectivity index (χ4v) is 3.73. The van der Waals surface area contributed by atoms with Crippen LogP contribution in [0.2, 0.25) is 0 Å². The van der Waals surface area contributed by atoms with Crippen LogP contribution in [0.4, 0.5) is 0 Å². The minimum atomic E-state index is 0.246. The van der Waals surface area contributed by atoms with E-state index in [0.29, 0.717) is 5.91 Å². The van der Waals surface area contributed by atoms with E-state index in [1.165, 1.54) is 51.4 Å². The van der Waals surface area contributed by atoms with E-state index in [-0.39, 0.29) is 5.41 Å². The summed E-state index contributed by atoms with van der Waals surface area (Å²) < 4.78 is 0. The number of hydrogen-bond donors (Lipinski definition) is 1. The maximum Gasteiger partial charge on any atom is 0.222 e. The van der Waals surface area contributed by atoms with Gasteiger partial charge in [0.2, 0.25) is 5.91 Å². The van der Waals surface area contributed by atoms with Gasteiger partial charge in [-0.15, -0.1) is 0 Å². The zero-order valence-corrected chi connectivity index (χ0v) is 12.5. The fourth-order valence-electron chi connectivity index (χ4n) is 3.73. The predicted octanol–water partition coefficient (Wildman–Crippen LogP) is 2.93. The molecule has 0 atom stereocenters. The lowest BCUT2D eigenvalue weighted by Crippen LogP contribution is -2.47. The van der Waals surface area contributed by atoms with Crippen LogP contribution in [0, 0.1) is 11.3 Å². The topological polar surface area (TPSA) is 46.3 Å². The first-order valence-electron chi connectivity index (χ1n) is 8.09. The van der Waals surface area contributed by atoms with Gasteiger partial charge < -0.3 is 10.6 Å². The fraction of sp³-hybridized carbons (Fsp3) is 0.938. The Bertz CT molecular complexity index is 288. The zero-order chi connectivity index (χ0) is 13.7. The molecule has 2 aliphatic rings. The van der Waals surface area contributed by atoms with Crippen LogP contribution in [0.15, 0.2) is 0 Å². The molecular formula is C16H30N2O. The summed E-state index contributed by atoms with van der Waals surface area (Å²) >= 11 is 0. The quantitative estimate of drug-likeness (QED) is 0.770. The van der Waals surface area contributed by atoms with E-state index in [1.807, 2.05) is 11.9 Å². The van der Waals surface area contributed by atoms with Crippen molar-refractivity contribution in [2.45, 2.75) is 64.2 Å². The second kappa shape index (κ2) is 6.74. The molecule has 2 aliphatic carbocycles. The molecule has 0 radical (unpaired) electrons. The molecule has 3 nitrogen and oxygen atoms in total. The Balaban J connectivity index is 1.64. The van der Waals surface area contributed by atoms with Crippen molar-refractivity contribution >= 4 is 5.91 Å². The lowest BCUT2D eigenvalue weighted by molar-refractivity contribution is -0.132. The first-order valence-corrected chi connectivity index (χ1v) is 8.09. The highest BCUT2D eigenvalue weighted by Gasteiger charge is 2.37. The van der Waals surface area contributed by atoms with Gasteiger partial charge in [-0.3, -0.25) is 4.79 Å². The van der Waals surface area contributed by atoms with Crippen molar-refractivity contribution in [2.75, 3.05) is 20.1 Å². The monoisotopic (exact) mass is 266 g/mol. The Morgan fingerprint density at radius 3 is 2.47 bits per heavy atom. The van der Waals surface area contributed by atoms with Gasteiger partial charge in [0.1, 0.15) is 0 Å². The van der Waals surface area contributed by atoms with Gasteiger partial charge >= 0.3 is 0 Å². The summed E-state index contributed by atoms with van der Waals surface area (Å²) in [4.78, 5) is 14.1. The molecule has 0 unspecified atom stereocenters. The van der Waals surface area contributed by atoms with E-state index in [4.69, 9.17) is 5.73 Å². The van der Waals surface area contributed by atoms with Crippen molar-refractivity contribution in [3.05, 3.63) is 0 Å². The van der Waals surface area contributed by atoms with E-state index in [9.17, 15) is 4.79 Å². The third-order valence-corrected chi connectivity index (χ3v) is 5.32. The summed E-state index contributed by atoms with van der Waals surface area (Å²) in [7, 11) is 1.95. The van der Waals surface area contributed by atoms with Crippen LogP contribution in [0.5, 0.6) is 0 Å². The van der Waals surface area contributed by atoms with Crippen LogP contribution in [0.1, 0.15) is 64.2 Å². The lowest BCUT2D eigenvalue weighted by atomic mass is 9.68. The number of nitrogens with zero attached hydrogens (tertiary/aromatic N) is 1. The van der Waals surface area contributed by atoms with Gasteiger partial charge in [0, 0.05) is 25.4 Å². The number of amides is 1. The summed E-state index contributed by atoms with van der Waals surface area (Å²) in [5.41, 5.74) is 6.11. The Labute approximate surface area is 117 Å². The lowest BCUT2D eigenvalue weighted by Gasteiger charge is -2.43. The molecule has 0 aromatic carbocycles. The van der Waals surface area contributed by atoms with Crippen molar-refractivity contribution in [1.82, 2.24) is 4.90 Å². The van der Waals surface area contributed by atoms with E-state index in [2.05, 4.69) is 0 Å². The molecule has 0 aromatic rings. The number of carbonyl (C=O) groups is 1. The van der Waals surface area contributed by atoms with Crippen LogP contribution < -0.4 is 5.73 Å². The molecule has 0 bridgehead atoms. The van der Waals surface area contributed by atoms with Crippen LogP contribution in [-0.4, -0.2) is 30.9 Å². The molecule has 0 aliphatic heterocycles. The molecule has 0 heterocycles. The number of nitrogens with two attached hydrogens (primary N) is 1. The first kappa shape index (κ1) is 14.8. The Hall–Kier alpha value is -0.570. The third-order valence-electron chi connectivity index (χ3n) is 5.32. The maximum absolute atomic E-state index is 12.1. The number of hydrogen-bond acceptors (Lipinski definition) is 2. The SMILES string of the molecule is CN(CC1(CN)CCC1)C(=O)CCCC1CCCC1. The molecule has 2 N–H and O–H groups in total. The van der Waals surface area contributed by atoms with Gasteiger partial charge in [0.15, 0.2) is 0 Å². The normalized spacial score (nSPS) is 22.2. The van der Waals surface area contributed by atoms with Crippen molar-refractivity contribution in [3.8, 4) is 0 Å². The van der Waals surface area contributed by atoms with Gasteiger partial charge in [-0.1, -0.05) is 32.1 Å². The summed E-state index contributed by atoms with van der Waals surface area (Å²) in [5.74, 6) is 1.22. The van der Waals surface area contributed by atoms with E-state index in [0.717, 1.165) is 31.8 Å². The van der Waals surface area contributed by atoms with Gasteiger partial charge in [-0.05, 0) is 38.1 Å². The molecule has 1 amide bonds. The predicted molar refractivity (Wildman–Crippen MR) is 78.8 cm³/mol.